The molecule has 1 aliphatic heterocycles. The second-order valence-corrected chi connectivity index (χ2v) is 6.69. The zero-order chi connectivity index (χ0) is 16.1. The minimum Gasteiger partial charge on any atom is -0.384 e. The maximum absolute atomic E-state index is 13.8. The summed E-state index contributed by atoms with van der Waals surface area (Å²) in [6.07, 6.45) is 6.40. The van der Waals surface area contributed by atoms with Crippen LogP contribution in [0, 0.1) is 5.82 Å². The molecule has 1 heterocycles. The molecule has 126 valence electrons. The van der Waals surface area contributed by atoms with Gasteiger partial charge in [-0.25, -0.2) is 4.39 Å². The van der Waals surface area contributed by atoms with Crippen LogP contribution in [0.15, 0.2) is 36.5 Å². The first-order chi connectivity index (χ1) is 11.2. The molecule has 0 amide bonds. The monoisotopic (exact) mass is 318 g/mol. The summed E-state index contributed by atoms with van der Waals surface area (Å²) in [6, 6.07) is 7.55. The van der Waals surface area contributed by atoms with Crippen LogP contribution in [0.4, 0.5) is 4.39 Å². The van der Waals surface area contributed by atoms with E-state index in [9.17, 15) is 4.39 Å². The molecule has 1 aliphatic carbocycles. The van der Waals surface area contributed by atoms with E-state index in [2.05, 4.69) is 16.8 Å². The van der Waals surface area contributed by atoms with Gasteiger partial charge in [-0.15, -0.1) is 0 Å². The second kappa shape index (κ2) is 7.93. The van der Waals surface area contributed by atoms with Crippen LogP contribution < -0.4 is 5.32 Å². The molecule has 2 fully saturated rings. The lowest BCUT2D eigenvalue weighted by Crippen LogP contribution is -2.46. The summed E-state index contributed by atoms with van der Waals surface area (Å²) in [5, 5.41) is 3.56. The second-order valence-electron chi connectivity index (χ2n) is 6.69. The van der Waals surface area contributed by atoms with Crippen molar-refractivity contribution in [3.63, 3.8) is 0 Å². The van der Waals surface area contributed by atoms with Gasteiger partial charge in [-0.2, -0.15) is 0 Å². The SMILES string of the molecule is C=C(NC1CCCCC1)C1CN(Cc2ccccc2F)CCO1. The van der Waals surface area contributed by atoms with E-state index in [1.54, 1.807) is 6.07 Å². The van der Waals surface area contributed by atoms with Crippen molar-refractivity contribution in [2.45, 2.75) is 50.8 Å². The number of rotatable bonds is 5. The van der Waals surface area contributed by atoms with Crippen molar-refractivity contribution in [3.05, 3.63) is 47.9 Å². The molecule has 1 saturated heterocycles. The van der Waals surface area contributed by atoms with Crippen LogP contribution in [0.25, 0.3) is 0 Å². The van der Waals surface area contributed by atoms with E-state index < -0.39 is 0 Å². The Morgan fingerprint density at radius 1 is 1.26 bits per heavy atom. The average Bonchev–Trinajstić information content (AvgIpc) is 2.58. The molecule has 1 N–H and O–H groups in total. The Kier molecular flexibility index (Phi) is 5.68. The van der Waals surface area contributed by atoms with Gasteiger partial charge < -0.3 is 10.1 Å². The summed E-state index contributed by atoms with van der Waals surface area (Å²) in [5.74, 6) is -0.130. The van der Waals surface area contributed by atoms with Crippen LogP contribution in [-0.2, 0) is 11.3 Å². The molecule has 1 atom stereocenters. The maximum atomic E-state index is 13.8. The van der Waals surface area contributed by atoms with Gasteiger partial charge in [0.1, 0.15) is 11.9 Å². The molecule has 0 aromatic heterocycles. The highest BCUT2D eigenvalue weighted by molar-refractivity contribution is 5.17. The summed E-state index contributed by atoms with van der Waals surface area (Å²) >= 11 is 0. The van der Waals surface area contributed by atoms with Crippen molar-refractivity contribution in [2.75, 3.05) is 19.7 Å². The third kappa shape index (κ3) is 4.55. The van der Waals surface area contributed by atoms with Crippen molar-refractivity contribution in [2.24, 2.45) is 0 Å². The lowest BCUT2D eigenvalue weighted by Gasteiger charge is -2.36. The molecule has 1 unspecified atom stereocenters. The number of hydrogen-bond acceptors (Lipinski definition) is 3. The van der Waals surface area contributed by atoms with E-state index >= 15 is 0 Å². The van der Waals surface area contributed by atoms with Crippen LogP contribution in [0.1, 0.15) is 37.7 Å². The molecule has 0 radical (unpaired) electrons. The lowest BCUT2D eigenvalue weighted by molar-refractivity contribution is -0.0163. The normalized spacial score (nSPS) is 23.6. The summed E-state index contributed by atoms with van der Waals surface area (Å²) < 4.78 is 19.7. The molecule has 23 heavy (non-hydrogen) atoms. The number of morpholine rings is 1. The van der Waals surface area contributed by atoms with Crippen molar-refractivity contribution >= 4 is 0 Å². The Morgan fingerprint density at radius 2 is 2.04 bits per heavy atom. The highest BCUT2D eigenvalue weighted by Crippen LogP contribution is 2.20. The number of hydrogen-bond donors (Lipinski definition) is 1. The first-order valence-corrected chi connectivity index (χ1v) is 8.75. The maximum Gasteiger partial charge on any atom is 0.127 e. The summed E-state index contributed by atoms with van der Waals surface area (Å²) in [7, 11) is 0. The van der Waals surface area contributed by atoms with E-state index in [1.165, 1.54) is 38.2 Å². The molecule has 0 bridgehead atoms. The van der Waals surface area contributed by atoms with Crippen LogP contribution in [-0.4, -0.2) is 36.7 Å². The molecule has 4 heteroatoms. The Labute approximate surface area is 138 Å². The van der Waals surface area contributed by atoms with Crippen molar-refractivity contribution in [1.29, 1.82) is 0 Å². The van der Waals surface area contributed by atoms with Gasteiger partial charge in [0.25, 0.3) is 0 Å². The van der Waals surface area contributed by atoms with Gasteiger partial charge in [0.2, 0.25) is 0 Å². The summed E-state index contributed by atoms with van der Waals surface area (Å²) in [5.41, 5.74) is 1.73. The third-order valence-electron chi connectivity index (χ3n) is 4.89. The minimum absolute atomic E-state index is 0.00236. The highest BCUT2D eigenvalue weighted by Gasteiger charge is 2.25. The number of nitrogens with one attached hydrogen (secondary N) is 1. The van der Waals surface area contributed by atoms with E-state index in [0.29, 0.717) is 19.2 Å². The zero-order valence-corrected chi connectivity index (χ0v) is 13.8. The van der Waals surface area contributed by atoms with E-state index in [-0.39, 0.29) is 11.9 Å². The van der Waals surface area contributed by atoms with Crippen LogP contribution in [0.3, 0.4) is 0 Å². The predicted molar refractivity (Wildman–Crippen MR) is 90.6 cm³/mol. The Bertz CT molecular complexity index is 528. The van der Waals surface area contributed by atoms with Gasteiger partial charge in [-0.3, -0.25) is 4.90 Å². The quantitative estimate of drug-likeness (QED) is 0.900. The van der Waals surface area contributed by atoms with Gasteiger partial charge in [-0.05, 0) is 18.9 Å². The molecule has 0 spiro atoms. The predicted octanol–water partition coefficient (Wildman–Crippen LogP) is 3.46. The fraction of sp³-hybridized carbons (Fsp3) is 0.579. The zero-order valence-electron chi connectivity index (χ0n) is 13.8. The average molecular weight is 318 g/mol. The molecule has 1 aromatic rings. The largest absolute Gasteiger partial charge is 0.384 e. The number of halogens is 1. The fourth-order valence-corrected chi connectivity index (χ4v) is 3.53. The van der Waals surface area contributed by atoms with E-state index in [0.717, 1.165) is 24.4 Å². The molecule has 3 rings (SSSR count). The third-order valence-corrected chi connectivity index (χ3v) is 4.89. The Hall–Kier alpha value is -1.39. The highest BCUT2D eigenvalue weighted by atomic mass is 19.1. The van der Waals surface area contributed by atoms with Gasteiger partial charge >= 0.3 is 0 Å². The number of benzene rings is 1. The Balaban J connectivity index is 1.53. The first kappa shape index (κ1) is 16.5. The molecule has 1 aromatic carbocycles. The van der Waals surface area contributed by atoms with Crippen molar-refractivity contribution in [3.8, 4) is 0 Å². The lowest BCUT2D eigenvalue weighted by atomic mass is 9.95. The van der Waals surface area contributed by atoms with E-state index in [4.69, 9.17) is 4.74 Å². The van der Waals surface area contributed by atoms with Crippen LogP contribution >= 0.6 is 0 Å². The minimum atomic E-state index is -0.130. The van der Waals surface area contributed by atoms with Crippen molar-refractivity contribution < 1.29 is 9.13 Å². The number of nitrogens with zero attached hydrogens (tertiary/aromatic N) is 1. The van der Waals surface area contributed by atoms with Gasteiger partial charge in [-0.1, -0.05) is 44.0 Å². The molecular formula is C19H27FN2O. The fourth-order valence-electron chi connectivity index (χ4n) is 3.53. The smallest absolute Gasteiger partial charge is 0.127 e. The van der Waals surface area contributed by atoms with E-state index in [1.807, 2.05) is 12.1 Å². The first-order valence-electron chi connectivity index (χ1n) is 8.75. The summed E-state index contributed by atoms with van der Waals surface area (Å²) in [6.45, 7) is 7.10. The molecule has 2 aliphatic rings. The van der Waals surface area contributed by atoms with Crippen LogP contribution in [0.5, 0.6) is 0 Å². The number of ether oxygens (including phenoxy) is 1. The Morgan fingerprint density at radius 3 is 2.83 bits per heavy atom. The molecule has 3 nitrogen and oxygen atoms in total. The van der Waals surface area contributed by atoms with Gasteiger partial charge in [0, 0.05) is 36.9 Å². The van der Waals surface area contributed by atoms with Gasteiger partial charge in [0.05, 0.1) is 6.61 Å². The van der Waals surface area contributed by atoms with Crippen LogP contribution in [0.2, 0.25) is 0 Å². The summed E-state index contributed by atoms with van der Waals surface area (Å²) in [4.78, 5) is 2.25. The molecule has 1 saturated carbocycles. The standard InChI is InChI=1S/C19H27FN2O/c1-15(21-17-8-3-2-4-9-17)19-14-22(11-12-23-19)13-16-7-5-6-10-18(16)20/h5-7,10,17,19,21H,1-4,8-9,11-14H2. The topological polar surface area (TPSA) is 24.5 Å². The van der Waals surface area contributed by atoms with Gasteiger partial charge in [0.15, 0.2) is 0 Å². The van der Waals surface area contributed by atoms with Crippen molar-refractivity contribution in [1.82, 2.24) is 10.2 Å². The molecular weight excluding hydrogens is 291 g/mol.